The number of alkyl halides is 3. The van der Waals surface area contributed by atoms with Crippen LogP contribution in [0, 0.1) is 5.92 Å². The number of carbonyl (C=O) groups is 4. The van der Waals surface area contributed by atoms with E-state index in [9.17, 15) is 32.7 Å². The monoisotopic (exact) mass is 760 g/mol. The van der Waals surface area contributed by atoms with Crippen LogP contribution in [0.5, 0.6) is 11.5 Å². The molecule has 1 saturated carbocycles. The quantitative estimate of drug-likeness (QED) is 0.138. The molecule has 53 heavy (non-hydrogen) atoms. The molecule has 0 bridgehead atoms. The number of carboxylic acid groups (broad SMARTS) is 1. The molecule has 0 aromatic heterocycles. The van der Waals surface area contributed by atoms with Gasteiger partial charge in [0, 0.05) is 22.7 Å². The first-order valence-corrected chi connectivity index (χ1v) is 17.8. The summed E-state index contributed by atoms with van der Waals surface area (Å²) in [5.41, 5.74) is 8.39. The maximum absolute atomic E-state index is 14.1. The molecule has 1 heterocycles. The van der Waals surface area contributed by atoms with Gasteiger partial charge in [-0.25, -0.2) is 4.79 Å². The van der Waals surface area contributed by atoms with E-state index in [1.54, 1.807) is 53.4 Å². The van der Waals surface area contributed by atoms with Crippen LogP contribution in [0.15, 0.2) is 72.8 Å². The van der Waals surface area contributed by atoms with E-state index >= 15 is 0 Å². The lowest BCUT2D eigenvalue weighted by Gasteiger charge is -2.46. The van der Waals surface area contributed by atoms with Crippen LogP contribution in [0.1, 0.15) is 56.1 Å². The van der Waals surface area contributed by atoms with Gasteiger partial charge in [-0.15, -0.1) is 0 Å². The average molecular weight is 761 g/mol. The molecule has 2 fully saturated rings. The number of nitrogens with one attached hydrogen (secondary N) is 1. The number of primary amides is 1. The van der Waals surface area contributed by atoms with E-state index in [0.717, 1.165) is 62.7 Å². The van der Waals surface area contributed by atoms with E-state index in [1.807, 2.05) is 18.2 Å². The summed E-state index contributed by atoms with van der Waals surface area (Å²) in [6, 6.07) is 19.5. The molecule has 4 N–H and O–H groups in total. The molecule has 3 amide bonds. The lowest BCUT2D eigenvalue weighted by Crippen LogP contribution is -2.62. The third-order valence-corrected chi connectivity index (χ3v) is 9.73. The summed E-state index contributed by atoms with van der Waals surface area (Å²) < 4.78 is 37.8. The summed E-state index contributed by atoms with van der Waals surface area (Å²) in [6.45, 7) is 2.26. The molecule has 1 aliphatic carbocycles. The number of phenolic OH excluding ortho intramolecular Hbond substituents is 1. The van der Waals surface area contributed by atoms with Crippen LogP contribution in [0.25, 0.3) is 0 Å². The Balaban J connectivity index is 0.000000815. The van der Waals surface area contributed by atoms with Crippen LogP contribution in [-0.4, -0.2) is 76.8 Å². The van der Waals surface area contributed by atoms with Gasteiger partial charge < -0.3 is 40.2 Å². The summed E-state index contributed by atoms with van der Waals surface area (Å²) in [4.78, 5) is 50.2. The first kappa shape index (κ1) is 40.9. The van der Waals surface area contributed by atoms with Gasteiger partial charge in [-0.05, 0) is 79.8 Å². The number of quaternary nitrogens is 1. The standard InChI is InChI=1S/C36H43ClN4O5.C2HF3O2/c1-41(23-26-7-5-10-28(37)21-26)20-6-11-30(24-41)40(33(34(38)43)22-25-12-16-31(42)17-13-25)36(45)39-29-14-18-32(19-15-29)46-35(44)27-8-3-2-4-9-27;3-2(4,5)1(6)7/h5,7,10,12-19,21,27,30,33H,2-4,6,8-9,11,20,22-24H2,1H3,(H3-,38,39,42,43,45);(H,6,7)/t30-,33-,41?;/m0./s1. The zero-order valence-corrected chi connectivity index (χ0v) is 30.1. The molecular weight excluding hydrogens is 717 g/mol. The summed E-state index contributed by atoms with van der Waals surface area (Å²) >= 11 is 6.28. The van der Waals surface area contributed by atoms with Crippen molar-refractivity contribution in [1.82, 2.24) is 4.90 Å². The number of hydrogen-bond acceptors (Lipinski definition) is 7. The van der Waals surface area contributed by atoms with Gasteiger partial charge in [-0.1, -0.05) is 55.1 Å². The Hall–Kier alpha value is -4.82. The second-order valence-corrected chi connectivity index (χ2v) is 14.2. The summed E-state index contributed by atoms with van der Waals surface area (Å²) in [7, 11) is 2.16. The fraction of sp³-hybridized carbons (Fsp3) is 0.421. The molecule has 0 spiro atoms. The molecule has 15 heteroatoms. The van der Waals surface area contributed by atoms with Crippen LogP contribution >= 0.6 is 11.6 Å². The lowest BCUT2D eigenvalue weighted by atomic mass is 9.89. The van der Waals surface area contributed by atoms with Crippen molar-refractivity contribution in [2.45, 2.75) is 76.2 Å². The molecule has 286 valence electrons. The minimum atomic E-state index is -5.19. The number of benzene rings is 3. The van der Waals surface area contributed by atoms with Crippen molar-refractivity contribution < 1.29 is 51.8 Å². The number of urea groups is 1. The van der Waals surface area contributed by atoms with Crippen LogP contribution < -0.4 is 20.9 Å². The van der Waals surface area contributed by atoms with Crippen molar-refractivity contribution in [1.29, 1.82) is 0 Å². The topological polar surface area (TPSA) is 162 Å². The number of carbonyl (C=O) groups excluding carboxylic acids is 4. The normalized spacial score (nSPS) is 19.5. The molecular formula is C38H44ClF3N4O7. The molecule has 2 aliphatic rings. The number of ether oxygens (including phenoxy) is 1. The number of phenols is 1. The fourth-order valence-corrected chi connectivity index (χ4v) is 7.14. The van der Waals surface area contributed by atoms with E-state index in [1.165, 1.54) is 0 Å². The first-order chi connectivity index (χ1) is 25.0. The fourth-order valence-electron chi connectivity index (χ4n) is 6.93. The maximum Gasteiger partial charge on any atom is 0.430 e. The van der Waals surface area contributed by atoms with E-state index in [2.05, 4.69) is 18.4 Å². The Morgan fingerprint density at radius 1 is 0.981 bits per heavy atom. The molecule has 0 radical (unpaired) electrons. The highest BCUT2D eigenvalue weighted by molar-refractivity contribution is 6.30. The minimum absolute atomic E-state index is 0.0699. The maximum atomic E-state index is 14.1. The van der Waals surface area contributed by atoms with Crippen molar-refractivity contribution in [3.05, 3.63) is 88.9 Å². The number of halogens is 4. The molecule has 5 rings (SSSR count). The van der Waals surface area contributed by atoms with Crippen molar-refractivity contribution >= 4 is 41.2 Å². The number of aromatic hydroxyl groups is 1. The van der Waals surface area contributed by atoms with Gasteiger partial charge in [-0.2, -0.15) is 13.2 Å². The number of likely N-dealkylation sites (N-methyl/N-ethyl adjacent to an activating group) is 1. The van der Waals surface area contributed by atoms with Gasteiger partial charge in [0.15, 0.2) is 0 Å². The van der Waals surface area contributed by atoms with Crippen LogP contribution in [0.3, 0.4) is 0 Å². The number of nitrogens with zero attached hydrogens (tertiary/aromatic N) is 2. The van der Waals surface area contributed by atoms with Crippen molar-refractivity contribution in [3.8, 4) is 11.5 Å². The highest BCUT2D eigenvalue weighted by Gasteiger charge is 2.41. The minimum Gasteiger partial charge on any atom is -0.542 e. The number of hydrogen-bond donors (Lipinski definition) is 3. The molecule has 3 atom stereocenters. The number of likely N-dealkylation sites (tertiary alicyclic amines) is 1. The first-order valence-electron chi connectivity index (χ1n) is 17.4. The molecule has 3 aromatic rings. The molecule has 1 unspecified atom stereocenters. The second-order valence-electron chi connectivity index (χ2n) is 13.8. The highest BCUT2D eigenvalue weighted by Crippen LogP contribution is 2.29. The Bertz CT molecular complexity index is 1720. The zero-order valence-electron chi connectivity index (χ0n) is 29.3. The number of carboxylic acids is 1. The number of nitrogens with two attached hydrogens (primary N) is 1. The Morgan fingerprint density at radius 3 is 2.21 bits per heavy atom. The van der Waals surface area contributed by atoms with Crippen LogP contribution in [-0.2, 0) is 27.3 Å². The van der Waals surface area contributed by atoms with Crippen LogP contribution in [0.2, 0.25) is 5.02 Å². The highest BCUT2D eigenvalue weighted by atomic mass is 35.5. The van der Waals surface area contributed by atoms with Crippen molar-refractivity contribution in [2.24, 2.45) is 11.7 Å². The van der Waals surface area contributed by atoms with Gasteiger partial charge >= 0.3 is 18.2 Å². The van der Waals surface area contributed by atoms with Gasteiger partial charge in [0.2, 0.25) is 5.91 Å². The Kier molecular flexibility index (Phi) is 14.1. The predicted octanol–water partition coefficient (Wildman–Crippen LogP) is 5.57. The number of piperidine rings is 1. The molecule has 1 saturated heterocycles. The summed E-state index contributed by atoms with van der Waals surface area (Å²) in [5, 5.41) is 22.2. The van der Waals surface area contributed by atoms with Crippen LogP contribution in [0.4, 0.5) is 23.7 Å². The number of amides is 3. The zero-order chi connectivity index (χ0) is 38.8. The summed E-state index contributed by atoms with van der Waals surface area (Å²) in [5.74, 6) is -3.36. The van der Waals surface area contributed by atoms with Gasteiger partial charge in [0.05, 0.1) is 32.1 Å². The number of anilines is 1. The Morgan fingerprint density at radius 2 is 1.62 bits per heavy atom. The predicted molar refractivity (Wildman–Crippen MR) is 189 cm³/mol. The van der Waals surface area contributed by atoms with E-state index in [0.29, 0.717) is 33.9 Å². The average Bonchev–Trinajstić information content (AvgIpc) is 3.10. The van der Waals surface area contributed by atoms with Crippen molar-refractivity contribution in [3.63, 3.8) is 0 Å². The van der Waals surface area contributed by atoms with Gasteiger partial charge in [-0.3, -0.25) is 9.59 Å². The second kappa shape index (κ2) is 18.3. The molecule has 11 nitrogen and oxygen atoms in total. The van der Waals surface area contributed by atoms with Gasteiger partial charge in [0.25, 0.3) is 0 Å². The largest absolute Gasteiger partial charge is 0.542 e. The van der Waals surface area contributed by atoms with E-state index in [-0.39, 0.29) is 30.1 Å². The smallest absolute Gasteiger partial charge is 0.430 e. The third-order valence-electron chi connectivity index (χ3n) is 9.49. The molecule has 1 aliphatic heterocycles. The van der Waals surface area contributed by atoms with E-state index < -0.39 is 30.1 Å². The SMILES string of the molecule is C[N+]1(Cc2cccc(Cl)c2)CCC[C@H](N(C(=O)Nc2ccc(OC(=O)C3CCCCC3)cc2)[C@@H](Cc2ccc(O)cc2)C(N)=O)C1.O=C([O-])C(F)(F)F. The molecule has 3 aromatic carbocycles. The Labute approximate surface area is 311 Å². The van der Waals surface area contributed by atoms with Crippen molar-refractivity contribution in [2.75, 3.05) is 25.5 Å². The number of esters is 1. The van der Waals surface area contributed by atoms with Gasteiger partial charge in [0.1, 0.15) is 30.1 Å². The lowest BCUT2D eigenvalue weighted by molar-refractivity contribution is -0.928. The number of rotatable bonds is 10. The van der Waals surface area contributed by atoms with E-state index in [4.69, 9.17) is 32.0 Å². The number of aliphatic carboxylic acids is 1. The summed E-state index contributed by atoms with van der Waals surface area (Å²) in [6.07, 6.45) is 1.52. The third kappa shape index (κ3) is 12.4.